The minimum Gasteiger partial charge on any atom is -0.325 e. The average Bonchev–Trinajstić information content (AvgIpc) is 2.46. The number of aromatic amines is 1. The van der Waals surface area contributed by atoms with Gasteiger partial charge in [-0.3, -0.25) is 9.59 Å². The molecular formula is C14H12F3N3O2S. The second-order valence-electron chi connectivity index (χ2n) is 4.56. The second kappa shape index (κ2) is 6.86. The van der Waals surface area contributed by atoms with Crippen LogP contribution in [0.25, 0.3) is 0 Å². The van der Waals surface area contributed by atoms with E-state index < -0.39 is 22.9 Å². The number of carbonyl (C=O) groups is 1. The van der Waals surface area contributed by atoms with E-state index in [1.54, 1.807) is 6.92 Å². The van der Waals surface area contributed by atoms with Gasteiger partial charge in [-0.15, -0.1) is 0 Å². The average molecular weight is 343 g/mol. The molecule has 1 amide bonds. The molecule has 1 heterocycles. The van der Waals surface area contributed by atoms with Gasteiger partial charge in [0.1, 0.15) is 0 Å². The number of anilines is 1. The molecule has 0 aliphatic heterocycles. The van der Waals surface area contributed by atoms with E-state index in [4.69, 9.17) is 0 Å². The summed E-state index contributed by atoms with van der Waals surface area (Å²) in [6, 6.07) is 5.39. The van der Waals surface area contributed by atoms with E-state index in [2.05, 4.69) is 15.3 Å². The molecular weight excluding hydrogens is 331 g/mol. The molecule has 23 heavy (non-hydrogen) atoms. The minimum atomic E-state index is -4.42. The molecule has 0 bridgehead atoms. The van der Waals surface area contributed by atoms with E-state index in [-0.39, 0.29) is 16.4 Å². The number of hydrogen-bond donors (Lipinski definition) is 2. The van der Waals surface area contributed by atoms with Crippen LogP contribution in [0.2, 0.25) is 0 Å². The van der Waals surface area contributed by atoms with Crippen molar-refractivity contribution in [2.24, 2.45) is 0 Å². The highest BCUT2D eigenvalue weighted by Crippen LogP contribution is 2.30. The van der Waals surface area contributed by atoms with Gasteiger partial charge in [0.05, 0.1) is 10.8 Å². The zero-order valence-corrected chi connectivity index (χ0v) is 12.7. The number of rotatable bonds is 4. The van der Waals surface area contributed by atoms with E-state index in [9.17, 15) is 22.8 Å². The quantitative estimate of drug-likeness (QED) is 0.661. The van der Waals surface area contributed by atoms with Crippen molar-refractivity contribution in [1.82, 2.24) is 9.97 Å². The molecule has 0 unspecified atom stereocenters. The summed E-state index contributed by atoms with van der Waals surface area (Å²) in [7, 11) is 0. The van der Waals surface area contributed by atoms with Crippen molar-refractivity contribution >= 4 is 23.4 Å². The topological polar surface area (TPSA) is 74.8 Å². The fraction of sp³-hybridized carbons (Fsp3) is 0.214. The van der Waals surface area contributed by atoms with Gasteiger partial charge in [0, 0.05) is 18.0 Å². The highest BCUT2D eigenvalue weighted by molar-refractivity contribution is 8.00. The molecule has 5 nitrogen and oxygen atoms in total. The summed E-state index contributed by atoms with van der Waals surface area (Å²) in [4.78, 5) is 29.5. The zero-order chi connectivity index (χ0) is 17.0. The number of alkyl halides is 3. The van der Waals surface area contributed by atoms with Crippen molar-refractivity contribution in [2.45, 2.75) is 23.5 Å². The molecule has 9 heteroatoms. The van der Waals surface area contributed by atoms with Crippen LogP contribution in [-0.2, 0) is 11.0 Å². The highest BCUT2D eigenvalue weighted by Gasteiger charge is 2.30. The van der Waals surface area contributed by atoms with Crippen LogP contribution in [0.1, 0.15) is 12.5 Å². The van der Waals surface area contributed by atoms with Gasteiger partial charge in [0.25, 0.3) is 5.56 Å². The first kappa shape index (κ1) is 17.1. The van der Waals surface area contributed by atoms with Crippen LogP contribution >= 0.6 is 11.8 Å². The number of hydrogen-bond acceptors (Lipinski definition) is 4. The Kier molecular flexibility index (Phi) is 5.09. The first-order valence-electron chi connectivity index (χ1n) is 6.46. The maximum absolute atomic E-state index is 12.5. The fourth-order valence-electron chi connectivity index (χ4n) is 1.62. The first-order chi connectivity index (χ1) is 10.8. The molecule has 0 radical (unpaired) electrons. The molecule has 2 rings (SSSR count). The maximum atomic E-state index is 12.5. The van der Waals surface area contributed by atoms with Gasteiger partial charge in [-0.2, -0.15) is 13.2 Å². The van der Waals surface area contributed by atoms with Crippen molar-refractivity contribution in [3.63, 3.8) is 0 Å². The largest absolute Gasteiger partial charge is 0.416 e. The minimum absolute atomic E-state index is 0.255. The SMILES string of the molecule is C[C@@H](Sc1nccc(=O)[nH]1)C(=O)Nc1ccc(C(F)(F)F)cc1. The van der Waals surface area contributed by atoms with Gasteiger partial charge in [-0.1, -0.05) is 11.8 Å². The lowest BCUT2D eigenvalue weighted by atomic mass is 10.2. The Morgan fingerprint density at radius 3 is 2.48 bits per heavy atom. The predicted octanol–water partition coefficient (Wildman–Crippen LogP) is 2.91. The molecule has 1 aromatic carbocycles. The number of nitrogens with zero attached hydrogens (tertiary/aromatic N) is 1. The Labute approximate surface area is 133 Å². The molecule has 2 N–H and O–H groups in total. The summed E-state index contributed by atoms with van der Waals surface area (Å²) in [5.74, 6) is -0.415. The van der Waals surface area contributed by atoms with E-state index in [0.29, 0.717) is 0 Å². The van der Waals surface area contributed by atoms with Crippen LogP contribution in [0.15, 0.2) is 46.5 Å². The lowest BCUT2D eigenvalue weighted by molar-refractivity contribution is -0.137. The van der Waals surface area contributed by atoms with Crippen LogP contribution in [0, 0.1) is 0 Å². The summed E-state index contributed by atoms with van der Waals surface area (Å²) < 4.78 is 37.4. The molecule has 0 saturated carbocycles. The van der Waals surface area contributed by atoms with E-state index in [1.165, 1.54) is 24.4 Å². The van der Waals surface area contributed by atoms with Crippen molar-refractivity contribution in [2.75, 3.05) is 5.32 Å². The van der Waals surface area contributed by atoms with Gasteiger partial charge < -0.3 is 10.3 Å². The third kappa shape index (κ3) is 4.85. The van der Waals surface area contributed by atoms with Gasteiger partial charge >= 0.3 is 6.18 Å². The first-order valence-corrected chi connectivity index (χ1v) is 7.34. The van der Waals surface area contributed by atoms with Crippen LogP contribution in [0.5, 0.6) is 0 Å². The summed E-state index contributed by atoms with van der Waals surface area (Å²) >= 11 is 1.03. The Hall–Kier alpha value is -2.29. The Morgan fingerprint density at radius 1 is 1.26 bits per heavy atom. The van der Waals surface area contributed by atoms with Crippen LogP contribution < -0.4 is 10.9 Å². The molecule has 1 atom stereocenters. The summed E-state index contributed by atoms with van der Waals surface area (Å²) in [6.45, 7) is 1.59. The normalized spacial score (nSPS) is 12.7. The maximum Gasteiger partial charge on any atom is 0.416 e. The molecule has 0 aliphatic carbocycles. The molecule has 0 fully saturated rings. The number of halogens is 3. The van der Waals surface area contributed by atoms with Crippen molar-refractivity contribution in [3.8, 4) is 0 Å². The predicted molar refractivity (Wildman–Crippen MR) is 80.3 cm³/mol. The van der Waals surface area contributed by atoms with Gasteiger partial charge in [0.2, 0.25) is 5.91 Å². The van der Waals surface area contributed by atoms with Crippen LogP contribution in [-0.4, -0.2) is 21.1 Å². The Balaban J connectivity index is 1.99. The van der Waals surface area contributed by atoms with E-state index in [1.807, 2.05) is 0 Å². The summed E-state index contributed by atoms with van der Waals surface area (Å²) in [5, 5.41) is 2.20. The van der Waals surface area contributed by atoms with Crippen molar-refractivity contribution in [3.05, 3.63) is 52.4 Å². The summed E-state index contributed by atoms with van der Waals surface area (Å²) in [6.07, 6.45) is -3.10. The molecule has 0 aliphatic rings. The smallest absolute Gasteiger partial charge is 0.325 e. The molecule has 2 aromatic rings. The lowest BCUT2D eigenvalue weighted by Crippen LogP contribution is -2.23. The molecule has 122 valence electrons. The Bertz CT molecular complexity index is 744. The number of H-pyrrole nitrogens is 1. The van der Waals surface area contributed by atoms with Gasteiger partial charge in [0.15, 0.2) is 5.16 Å². The number of aromatic nitrogens is 2. The fourth-order valence-corrected chi connectivity index (χ4v) is 2.40. The molecule has 1 aromatic heterocycles. The van der Waals surface area contributed by atoms with E-state index >= 15 is 0 Å². The molecule has 0 spiro atoms. The summed E-state index contributed by atoms with van der Waals surface area (Å²) in [5.41, 5.74) is -0.869. The number of nitrogens with one attached hydrogen (secondary N) is 2. The number of thioether (sulfide) groups is 1. The van der Waals surface area contributed by atoms with Gasteiger partial charge in [-0.05, 0) is 31.2 Å². The van der Waals surface area contributed by atoms with Crippen LogP contribution in [0.3, 0.4) is 0 Å². The lowest BCUT2D eigenvalue weighted by Gasteiger charge is -2.12. The molecule has 0 saturated heterocycles. The number of carbonyl (C=O) groups excluding carboxylic acids is 1. The van der Waals surface area contributed by atoms with E-state index in [0.717, 1.165) is 23.9 Å². The third-order valence-electron chi connectivity index (χ3n) is 2.79. The van der Waals surface area contributed by atoms with Crippen molar-refractivity contribution < 1.29 is 18.0 Å². The second-order valence-corrected chi connectivity index (χ2v) is 5.89. The zero-order valence-electron chi connectivity index (χ0n) is 11.8. The highest BCUT2D eigenvalue weighted by atomic mass is 32.2. The number of amides is 1. The van der Waals surface area contributed by atoms with Gasteiger partial charge in [-0.25, -0.2) is 4.98 Å². The van der Waals surface area contributed by atoms with Crippen molar-refractivity contribution in [1.29, 1.82) is 0 Å². The monoisotopic (exact) mass is 343 g/mol. The third-order valence-corrected chi connectivity index (χ3v) is 3.78. The van der Waals surface area contributed by atoms with Crippen LogP contribution in [0.4, 0.5) is 18.9 Å². The standard InChI is InChI=1S/C14H12F3N3O2S/c1-8(23-13-18-7-6-11(21)20-13)12(22)19-10-4-2-9(3-5-10)14(15,16)17/h2-8H,1H3,(H,19,22)(H,18,20,21)/t8-/m1/s1. The number of benzene rings is 1. The Morgan fingerprint density at radius 2 is 1.91 bits per heavy atom.